The molecule has 0 aliphatic rings. The quantitative estimate of drug-likeness (QED) is 0.472. The molecule has 0 aliphatic carbocycles. The molecule has 0 atom stereocenters. The van der Waals surface area contributed by atoms with Gasteiger partial charge in [0.05, 0.1) is 0 Å². The fourth-order valence-corrected chi connectivity index (χ4v) is 0.408. The van der Waals surface area contributed by atoms with Crippen molar-refractivity contribution < 1.29 is 0 Å². The van der Waals surface area contributed by atoms with Crippen LogP contribution < -0.4 is 0 Å². The summed E-state index contributed by atoms with van der Waals surface area (Å²) in [5, 5.41) is 3.60. The lowest BCUT2D eigenvalue weighted by atomic mass is 10.8. The topological polar surface area (TPSA) is 0 Å². The number of rotatable bonds is 4. The summed E-state index contributed by atoms with van der Waals surface area (Å²) in [6.07, 6.45) is 3.83. The average molecular weight is 174 g/mol. The minimum Gasteiger partial charge on any atom is -0.138 e. The van der Waals surface area contributed by atoms with Crippen LogP contribution in [0.5, 0.6) is 0 Å². The van der Waals surface area contributed by atoms with Crippen molar-refractivity contribution in [1.29, 1.82) is 0 Å². The Morgan fingerprint density at radius 2 is 1.70 bits per heavy atom. The molecule has 0 saturated heterocycles. The first kappa shape index (κ1) is 12.6. The highest BCUT2D eigenvalue weighted by Gasteiger charge is 1.65. The van der Waals surface area contributed by atoms with E-state index in [1.165, 1.54) is 0 Å². The Bertz CT molecular complexity index is 79.3. The molecule has 0 aromatic rings. The molecule has 0 rings (SSSR count). The van der Waals surface area contributed by atoms with Crippen LogP contribution in [0.15, 0.2) is 36.6 Å². The first-order valence-corrected chi connectivity index (χ1v) is 5.14. The highest BCUT2D eigenvalue weighted by atomic mass is 32.2. The Labute approximate surface area is 72.5 Å². The zero-order valence-electron chi connectivity index (χ0n) is 6.38. The van der Waals surface area contributed by atoms with Crippen molar-refractivity contribution >= 4 is 23.5 Å². The van der Waals surface area contributed by atoms with Crippen molar-refractivity contribution in [3.63, 3.8) is 0 Å². The van der Waals surface area contributed by atoms with Gasteiger partial charge < -0.3 is 0 Å². The van der Waals surface area contributed by atoms with Gasteiger partial charge in [-0.3, -0.25) is 0 Å². The van der Waals surface area contributed by atoms with Gasteiger partial charge in [-0.05, 0) is 17.1 Å². The predicted octanol–water partition coefficient (Wildman–Crippen LogP) is 3.54. The Kier molecular flexibility index (Phi) is 20.1. The van der Waals surface area contributed by atoms with Gasteiger partial charge >= 0.3 is 0 Å². The van der Waals surface area contributed by atoms with E-state index in [0.29, 0.717) is 0 Å². The summed E-state index contributed by atoms with van der Waals surface area (Å²) in [5.74, 6) is 0.976. The number of thioether (sulfide) groups is 2. The van der Waals surface area contributed by atoms with E-state index in [-0.39, 0.29) is 0 Å². The van der Waals surface area contributed by atoms with E-state index in [1.54, 1.807) is 28.9 Å². The van der Waals surface area contributed by atoms with Crippen molar-refractivity contribution in [1.82, 2.24) is 0 Å². The summed E-state index contributed by atoms with van der Waals surface area (Å²) in [6, 6.07) is 0. The minimum absolute atomic E-state index is 0.976. The normalized spacial score (nSPS) is 6.90. The molecule has 0 spiro atoms. The molecule has 0 nitrogen and oxygen atoms in total. The maximum Gasteiger partial charge on any atom is 0.0152 e. The van der Waals surface area contributed by atoms with E-state index in [1.807, 2.05) is 17.7 Å². The molecule has 58 valence electrons. The van der Waals surface area contributed by atoms with Gasteiger partial charge in [-0.2, -0.15) is 0 Å². The van der Waals surface area contributed by atoms with Gasteiger partial charge in [-0.1, -0.05) is 19.2 Å². The van der Waals surface area contributed by atoms with Crippen LogP contribution in [0.3, 0.4) is 0 Å². The van der Waals surface area contributed by atoms with Crippen molar-refractivity contribution in [2.75, 3.05) is 12.0 Å². The molecule has 0 fully saturated rings. The zero-order valence-corrected chi connectivity index (χ0v) is 8.01. The van der Waals surface area contributed by atoms with Crippen molar-refractivity contribution in [3.05, 3.63) is 36.6 Å². The van der Waals surface area contributed by atoms with Gasteiger partial charge in [0.25, 0.3) is 0 Å². The molecular formula is C8H14S2. The zero-order chi connectivity index (χ0) is 8.24. The summed E-state index contributed by atoms with van der Waals surface area (Å²) in [4.78, 5) is 0. The summed E-state index contributed by atoms with van der Waals surface area (Å²) < 4.78 is 0. The molecule has 0 saturated carbocycles. The van der Waals surface area contributed by atoms with E-state index in [0.717, 1.165) is 5.75 Å². The van der Waals surface area contributed by atoms with E-state index in [9.17, 15) is 0 Å². The third-order valence-electron chi connectivity index (χ3n) is 0.499. The van der Waals surface area contributed by atoms with Crippen molar-refractivity contribution in [3.8, 4) is 0 Å². The summed E-state index contributed by atoms with van der Waals surface area (Å²) >= 11 is 3.27. The number of hydrogen-bond donors (Lipinski definition) is 0. The van der Waals surface area contributed by atoms with E-state index >= 15 is 0 Å². The lowest BCUT2D eigenvalue weighted by Crippen LogP contribution is -1.56. The van der Waals surface area contributed by atoms with Gasteiger partial charge in [0, 0.05) is 5.75 Å². The molecule has 0 amide bonds. The monoisotopic (exact) mass is 174 g/mol. The first-order valence-electron chi connectivity index (χ1n) is 2.80. The third kappa shape index (κ3) is 24.7. The van der Waals surface area contributed by atoms with Crippen LogP contribution in [0.2, 0.25) is 0 Å². The smallest absolute Gasteiger partial charge is 0.0152 e. The van der Waals surface area contributed by atoms with Gasteiger partial charge in [0.2, 0.25) is 0 Å². The fraction of sp³-hybridized carbons (Fsp3) is 0.250. The molecule has 0 unspecified atom stereocenters. The Balaban J connectivity index is 0. The third-order valence-corrected chi connectivity index (χ3v) is 1.50. The summed E-state index contributed by atoms with van der Waals surface area (Å²) in [6.45, 7) is 10.5. The van der Waals surface area contributed by atoms with Gasteiger partial charge in [0.15, 0.2) is 0 Å². The molecule has 0 N–H and O–H groups in total. The highest BCUT2D eigenvalue weighted by Crippen LogP contribution is 1.96. The molecule has 10 heavy (non-hydrogen) atoms. The largest absolute Gasteiger partial charge is 0.138 e. The summed E-state index contributed by atoms with van der Waals surface area (Å²) in [5.41, 5.74) is 0. The van der Waals surface area contributed by atoms with Gasteiger partial charge in [0.1, 0.15) is 0 Å². The highest BCUT2D eigenvalue weighted by molar-refractivity contribution is 8.02. The van der Waals surface area contributed by atoms with E-state index < -0.39 is 0 Å². The predicted molar refractivity (Wildman–Crippen MR) is 56.6 cm³/mol. The lowest BCUT2D eigenvalue weighted by molar-refractivity contribution is 1.83. The lowest BCUT2D eigenvalue weighted by Gasteiger charge is -1.77. The van der Waals surface area contributed by atoms with Crippen LogP contribution >= 0.6 is 23.5 Å². The maximum absolute atomic E-state index is 3.53. The van der Waals surface area contributed by atoms with Crippen LogP contribution in [-0.2, 0) is 0 Å². The molecule has 0 radical (unpaired) electrons. The van der Waals surface area contributed by atoms with Crippen LogP contribution in [0.4, 0.5) is 0 Å². The summed E-state index contributed by atoms with van der Waals surface area (Å²) in [7, 11) is 0. The van der Waals surface area contributed by atoms with Gasteiger partial charge in [-0.25, -0.2) is 0 Å². The molecular weight excluding hydrogens is 160 g/mol. The van der Waals surface area contributed by atoms with Crippen molar-refractivity contribution in [2.45, 2.75) is 0 Å². The Morgan fingerprint density at radius 1 is 1.20 bits per heavy atom. The second kappa shape index (κ2) is 16.0. The van der Waals surface area contributed by atoms with E-state index in [4.69, 9.17) is 0 Å². The van der Waals surface area contributed by atoms with Crippen LogP contribution in [0, 0.1) is 0 Å². The first-order chi connectivity index (χ1) is 4.83. The second-order valence-corrected chi connectivity index (χ2v) is 3.00. The van der Waals surface area contributed by atoms with E-state index in [2.05, 4.69) is 19.7 Å². The van der Waals surface area contributed by atoms with Gasteiger partial charge in [-0.15, -0.1) is 30.1 Å². The molecule has 0 aromatic carbocycles. The molecule has 2 heteroatoms. The minimum atomic E-state index is 0.976. The average Bonchev–Trinajstić information content (AvgIpc) is 2.01. The fourth-order valence-electron chi connectivity index (χ4n) is 0.136. The Hall–Kier alpha value is -0.0800. The molecule has 0 heterocycles. The Morgan fingerprint density at radius 3 is 1.80 bits per heavy atom. The standard InChI is InChI=1S/C5H8S.C3H6S/c1-3-5-6-4-2;1-3-4-2/h3-4H,1-2,5H2;3H,1H2,2H3. The maximum atomic E-state index is 3.53. The molecule has 0 bridgehead atoms. The SMILES string of the molecule is C=CCSC=C.C=CSC. The molecule has 0 aliphatic heterocycles. The van der Waals surface area contributed by atoms with Crippen molar-refractivity contribution in [2.24, 2.45) is 0 Å². The van der Waals surface area contributed by atoms with Crippen LogP contribution in [0.25, 0.3) is 0 Å². The van der Waals surface area contributed by atoms with Crippen LogP contribution in [-0.4, -0.2) is 12.0 Å². The number of hydrogen-bond acceptors (Lipinski definition) is 2. The molecule has 0 aromatic heterocycles. The van der Waals surface area contributed by atoms with Crippen LogP contribution in [0.1, 0.15) is 0 Å². The second-order valence-electron chi connectivity index (χ2n) is 1.19.